The van der Waals surface area contributed by atoms with Gasteiger partial charge in [0, 0.05) is 24.2 Å². The Morgan fingerprint density at radius 3 is 2.25 bits per heavy atom. The van der Waals surface area contributed by atoms with Crippen LogP contribution in [0, 0.1) is 17.8 Å². The van der Waals surface area contributed by atoms with E-state index in [-0.39, 0.29) is 16.3 Å². The SMILES string of the molecule is O=C(NC12CC3CC(CC(C3)C1)C2)c1cccc(S(=O)(=O)N2CCOCC2)c1. The predicted octanol–water partition coefficient (Wildman–Crippen LogP) is 2.41. The summed E-state index contributed by atoms with van der Waals surface area (Å²) in [6.07, 6.45) is 7.21. The molecule has 0 spiro atoms. The summed E-state index contributed by atoms with van der Waals surface area (Å²) in [5.41, 5.74) is 0.357. The van der Waals surface area contributed by atoms with E-state index in [1.165, 1.54) is 29.6 Å². The van der Waals surface area contributed by atoms with Crippen LogP contribution in [0.5, 0.6) is 0 Å². The van der Waals surface area contributed by atoms with Crippen molar-refractivity contribution >= 4 is 15.9 Å². The highest BCUT2D eigenvalue weighted by atomic mass is 32.2. The Balaban J connectivity index is 1.35. The van der Waals surface area contributed by atoms with Crippen LogP contribution in [-0.2, 0) is 14.8 Å². The number of amides is 1. The fourth-order valence-corrected chi connectivity index (χ4v) is 7.76. The van der Waals surface area contributed by atoms with Gasteiger partial charge in [0.1, 0.15) is 0 Å². The van der Waals surface area contributed by atoms with Gasteiger partial charge in [-0.2, -0.15) is 4.31 Å². The van der Waals surface area contributed by atoms with Crippen LogP contribution in [0.3, 0.4) is 0 Å². The Hall–Kier alpha value is -1.44. The second kappa shape index (κ2) is 6.82. The third kappa shape index (κ3) is 3.27. The highest BCUT2D eigenvalue weighted by Gasteiger charge is 2.51. The van der Waals surface area contributed by atoms with E-state index < -0.39 is 10.0 Å². The molecule has 4 aliphatic carbocycles. The number of carbonyl (C=O) groups is 1. The van der Waals surface area contributed by atoms with Crippen LogP contribution in [0.4, 0.5) is 0 Å². The van der Waals surface area contributed by atoms with Gasteiger partial charge in [0.2, 0.25) is 10.0 Å². The summed E-state index contributed by atoms with van der Waals surface area (Å²) in [7, 11) is -3.60. The first kappa shape index (κ1) is 18.6. The monoisotopic (exact) mass is 404 g/mol. The number of sulfonamides is 1. The molecule has 1 aromatic carbocycles. The molecule has 6 rings (SSSR count). The summed E-state index contributed by atoms with van der Waals surface area (Å²) in [6.45, 7) is 1.52. The molecule has 1 amide bonds. The van der Waals surface area contributed by atoms with Crippen molar-refractivity contribution in [1.29, 1.82) is 0 Å². The quantitative estimate of drug-likeness (QED) is 0.836. The number of carbonyl (C=O) groups excluding carboxylic acids is 1. The predicted molar refractivity (Wildman–Crippen MR) is 104 cm³/mol. The first-order valence-electron chi connectivity index (χ1n) is 10.4. The fraction of sp³-hybridized carbons (Fsp3) is 0.667. The van der Waals surface area contributed by atoms with Gasteiger partial charge < -0.3 is 10.1 Å². The van der Waals surface area contributed by atoms with Gasteiger partial charge in [0.05, 0.1) is 18.1 Å². The average Bonchev–Trinajstić information content (AvgIpc) is 2.67. The summed E-state index contributed by atoms with van der Waals surface area (Å²) < 4.78 is 32.5. The van der Waals surface area contributed by atoms with E-state index in [1.807, 2.05) is 0 Å². The van der Waals surface area contributed by atoms with Gasteiger partial charge in [0.15, 0.2) is 0 Å². The lowest BCUT2D eigenvalue weighted by Gasteiger charge is -2.56. The first-order chi connectivity index (χ1) is 13.4. The molecule has 6 nitrogen and oxygen atoms in total. The van der Waals surface area contributed by atoms with Crippen molar-refractivity contribution in [2.75, 3.05) is 26.3 Å². The van der Waals surface area contributed by atoms with Gasteiger partial charge in [-0.25, -0.2) is 8.42 Å². The highest BCUT2D eigenvalue weighted by Crippen LogP contribution is 2.55. The normalized spacial score (nSPS) is 35.1. The van der Waals surface area contributed by atoms with Crippen molar-refractivity contribution in [3.63, 3.8) is 0 Å². The lowest BCUT2D eigenvalue weighted by atomic mass is 9.53. The molecule has 1 aromatic rings. The minimum atomic E-state index is -3.60. The van der Waals surface area contributed by atoms with E-state index in [0.29, 0.717) is 31.9 Å². The van der Waals surface area contributed by atoms with Crippen LogP contribution in [0.2, 0.25) is 0 Å². The van der Waals surface area contributed by atoms with Crippen molar-refractivity contribution in [1.82, 2.24) is 9.62 Å². The molecular formula is C21H28N2O4S. The minimum Gasteiger partial charge on any atom is -0.379 e. The fourth-order valence-electron chi connectivity index (χ4n) is 6.31. The maximum absolute atomic E-state index is 13.0. The summed E-state index contributed by atoms with van der Waals surface area (Å²) in [4.78, 5) is 13.2. The lowest BCUT2D eigenvalue weighted by Crippen LogP contribution is -2.59. The van der Waals surface area contributed by atoms with Gasteiger partial charge in [-0.3, -0.25) is 4.79 Å². The van der Waals surface area contributed by atoms with Crippen LogP contribution in [0.25, 0.3) is 0 Å². The van der Waals surface area contributed by atoms with E-state index in [1.54, 1.807) is 18.2 Å². The van der Waals surface area contributed by atoms with Crippen LogP contribution in [-0.4, -0.2) is 50.5 Å². The van der Waals surface area contributed by atoms with E-state index in [4.69, 9.17) is 4.74 Å². The Bertz CT molecular complexity index is 841. The number of rotatable bonds is 4. The van der Waals surface area contributed by atoms with Crippen molar-refractivity contribution in [2.45, 2.75) is 49.0 Å². The number of morpholine rings is 1. The third-order valence-corrected chi connectivity index (χ3v) is 9.02. The second-order valence-electron chi connectivity index (χ2n) is 9.20. The van der Waals surface area contributed by atoms with Crippen molar-refractivity contribution in [2.24, 2.45) is 17.8 Å². The zero-order valence-corrected chi connectivity index (χ0v) is 16.9. The number of hydrogen-bond acceptors (Lipinski definition) is 4. The molecule has 0 radical (unpaired) electrons. The molecule has 0 unspecified atom stereocenters. The molecule has 0 aromatic heterocycles. The summed E-state index contributed by atoms with van der Waals surface area (Å²) in [6, 6.07) is 6.49. The van der Waals surface area contributed by atoms with E-state index >= 15 is 0 Å². The zero-order chi connectivity index (χ0) is 19.4. The summed E-state index contributed by atoms with van der Waals surface area (Å²) >= 11 is 0. The summed E-state index contributed by atoms with van der Waals surface area (Å²) in [5, 5.41) is 3.33. The number of ether oxygens (including phenoxy) is 1. The second-order valence-corrected chi connectivity index (χ2v) is 11.1. The van der Waals surface area contributed by atoms with Crippen molar-refractivity contribution in [3.8, 4) is 0 Å². The smallest absolute Gasteiger partial charge is 0.251 e. The van der Waals surface area contributed by atoms with Crippen LogP contribution >= 0.6 is 0 Å². The van der Waals surface area contributed by atoms with Gasteiger partial charge in [-0.05, 0) is 74.5 Å². The maximum atomic E-state index is 13.0. The number of nitrogens with one attached hydrogen (secondary N) is 1. The molecule has 1 heterocycles. The summed E-state index contributed by atoms with van der Waals surface area (Å²) in [5.74, 6) is 2.11. The van der Waals surface area contributed by atoms with Gasteiger partial charge in [-0.1, -0.05) is 6.07 Å². The molecular weight excluding hydrogens is 376 g/mol. The van der Waals surface area contributed by atoms with Crippen LogP contribution in [0.1, 0.15) is 48.9 Å². The molecule has 5 aliphatic rings. The molecule has 28 heavy (non-hydrogen) atoms. The third-order valence-electron chi connectivity index (χ3n) is 7.12. The standard InChI is InChI=1S/C21H28N2O4S/c24-20(22-21-12-15-8-16(13-21)10-17(9-15)14-21)18-2-1-3-19(11-18)28(25,26)23-4-6-27-7-5-23/h1-3,11,15-17H,4-10,12-14H2,(H,22,24). The molecule has 0 atom stereocenters. The molecule has 7 heteroatoms. The maximum Gasteiger partial charge on any atom is 0.251 e. The molecule has 4 saturated carbocycles. The van der Waals surface area contributed by atoms with E-state index in [9.17, 15) is 13.2 Å². The number of benzene rings is 1. The Morgan fingerprint density at radius 1 is 1.04 bits per heavy atom. The molecule has 152 valence electrons. The number of hydrogen-bond donors (Lipinski definition) is 1. The molecule has 1 aliphatic heterocycles. The lowest BCUT2D eigenvalue weighted by molar-refractivity contribution is -0.0167. The largest absolute Gasteiger partial charge is 0.379 e. The van der Waals surface area contributed by atoms with Gasteiger partial charge in [0.25, 0.3) is 5.91 Å². The molecule has 1 saturated heterocycles. The number of nitrogens with zero attached hydrogens (tertiary/aromatic N) is 1. The highest BCUT2D eigenvalue weighted by molar-refractivity contribution is 7.89. The minimum absolute atomic E-state index is 0.0785. The Morgan fingerprint density at radius 2 is 1.64 bits per heavy atom. The topological polar surface area (TPSA) is 75.7 Å². The molecule has 5 fully saturated rings. The van der Waals surface area contributed by atoms with Crippen molar-refractivity contribution in [3.05, 3.63) is 29.8 Å². The Kier molecular flexibility index (Phi) is 4.52. The van der Waals surface area contributed by atoms with Crippen molar-refractivity contribution < 1.29 is 17.9 Å². The van der Waals surface area contributed by atoms with Crippen LogP contribution in [0.15, 0.2) is 29.2 Å². The van der Waals surface area contributed by atoms with Crippen LogP contribution < -0.4 is 5.32 Å². The van der Waals surface area contributed by atoms with E-state index in [2.05, 4.69) is 5.32 Å². The first-order valence-corrected chi connectivity index (χ1v) is 11.9. The average molecular weight is 405 g/mol. The Labute approximate surface area is 166 Å². The molecule has 1 N–H and O–H groups in total. The van der Waals surface area contributed by atoms with Gasteiger partial charge >= 0.3 is 0 Å². The molecule has 4 bridgehead atoms. The van der Waals surface area contributed by atoms with Gasteiger partial charge in [-0.15, -0.1) is 0 Å². The zero-order valence-electron chi connectivity index (χ0n) is 16.1. The van der Waals surface area contributed by atoms with E-state index in [0.717, 1.165) is 37.0 Å².